The predicted octanol–water partition coefficient (Wildman–Crippen LogP) is 3.01. The van der Waals surface area contributed by atoms with Crippen LogP contribution in [-0.4, -0.2) is 18.4 Å². The van der Waals surface area contributed by atoms with Crippen LogP contribution in [0.2, 0.25) is 0 Å². The van der Waals surface area contributed by atoms with E-state index in [1.54, 1.807) is 7.11 Å². The highest BCUT2D eigenvalue weighted by molar-refractivity contribution is 9.09. The number of halogens is 1. The van der Waals surface area contributed by atoms with E-state index in [1.165, 1.54) is 0 Å². The normalized spacial score (nSPS) is 24.2. The number of hydrogen-bond acceptors (Lipinski definition) is 3. The van der Waals surface area contributed by atoms with Gasteiger partial charge in [-0.3, -0.25) is 4.79 Å². The fourth-order valence-corrected chi connectivity index (χ4v) is 2.83. The Balaban J connectivity index is 2.29. The first-order chi connectivity index (χ1) is 8.20. The Morgan fingerprint density at radius 3 is 2.65 bits per heavy atom. The molecule has 1 atom stereocenters. The van der Waals surface area contributed by atoms with Crippen LogP contribution in [0.1, 0.15) is 24.8 Å². The van der Waals surface area contributed by atoms with E-state index >= 15 is 0 Å². The maximum absolute atomic E-state index is 11.5. The zero-order chi connectivity index (χ0) is 12.3. The SMILES string of the molecule is COc1ccc(C2(CBr)CCCC(=O)O2)cc1. The highest BCUT2D eigenvalue weighted by Gasteiger charge is 2.38. The maximum Gasteiger partial charge on any atom is 0.306 e. The molecule has 1 fully saturated rings. The summed E-state index contributed by atoms with van der Waals surface area (Å²) in [5.41, 5.74) is 0.505. The molecule has 0 bridgehead atoms. The van der Waals surface area contributed by atoms with Gasteiger partial charge in [-0.05, 0) is 30.5 Å². The summed E-state index contributed by atoms with van der Waals surface area (Å²) in [6.45, 7) is 0. The molecule has 1 unspecified atom stereocenters. The largest absolute Gasteiger partial charge is 0.497 e. The Kier molecular flexibility index (Phi) is 3.72. The van der Waals surface area contributed by atoms with Crippen molar-refractivity contribution in [1.29, 1.82) is 0 Å². The lowest BCUT2D eigenvalue weighted by atomic mass is 9.88. The molecule has 1 heterocycles. The van der Waals surface area contributed by atoms with Crippen molar-refractivity contribution in [2.75, 3.05) is 12.4 Å². The van der Waals surface area contributed by atoms with E-state index < -0.39 is 5.60 Å². The summed E-state index contributed by atoms with van der Waals surface area (Å²) in [6, 6.07) is 7.70. The third kappa shape index (κ3) is 2.46. The molecule has 0 aromatic heterocycles. The number of carbonyl (C=O) groups excluding carboxylic acids is 1. The van der Waals surface area contributed by atoms with Gasteiger partial charge in [-0.25, -0.2) is 0 Å². The minimum atomic E-state index is -0.512. The fraction of sp³-hybridized carbons (Fsp3) is 0.462. The van der Waals surface area contributed by atoms with E-state index in [0.29, 0.717) is 11.8 Å². The topological polar surface area (TPSA) is 35.5 Å². The van der Waals surface area contributed by atoms with Gasteiger partial charge in [0.05, 0.1) is 7.11 Å². The molecule has 92 valence electrons. The lowest BCUT2D eigenvalue weighted by Crippen LogP contribution is -2.37. The molecule has 17 heavy (non-hydrogen) atoms. The maximum atomic E-state index is 11.5. The van der Waals surface area contributed by atoms with Crippen molar-refractivity contribution in [2.24, 2.45) is 0 Å². The minimum Gasteiger partial charge on any atom is -0.497 e. The van der Waals surface area contributed by atoms with Gasteiger partial charge < -0.3 is 9.47 Å². The molecule has 3 nitrogen and oxygen atoms in total. The molecule has 1 aliphatic heterocycles. The van der Waals surface area contributed by atoms with Crippen molar-refractivity contribution in [2.45, 2.75) is 24.9 Å². The Labute approximate surface area is 109 Å². The molecule has 0 radical (unpaired) electrons. The van der Waals surface area contributed by atoms with Gasteiger partial charge in [0.1, 0.15) is 11.4 Å². The van der Waals surface area contributed by atoms with Crippen LogP contribution in [0.5, 0.6) is 5.75 Å². The molecular weight excluding hydrogens is 284 g/mol. The minimum absolute atomic E-state index is 0.119. The summed E-state index contributed by atoms with van der Waals surface area (Å²) in [4.78, 5) is 11.5. The zero-order valence-electron chi connectivity index (χ0n) is 9.74. The van der Waals surface area contributed by atoms with Crippen molar-refractivity contribution in [3.05, 3.63) is 29.8 Å². The van der Waals surface area contributed by atoms with Crippen molar-refractivity contribution in [1.82, 2.24) is 0 Å². The van der Waals surface area contributed by atoms with Crippen LogP contribution in [0.15, 0.2) is 24.3 Å². The van der Waals surface area contributed by atoms with Crippen molar-refractivity contribution in [3.63, 3.8) is 0 Å². The molecule has 1 aromatic carbocycles. The van der Waals surface area contributed by atoms with Crippen LogP contribution >= 0.6 is 15.9 Å². The van der Waals surface area contributed by atoms with Gasteiger partial charge >= 0.3 is 5.97 Å². The number of rotatable bonds is 3. The summed E-state index contributed by atoms with van der Waals surface area (Å²) in [5.74, 6) is 0.687. The van der Waals surface area contributed by atoms with E-state index in [0.717, 1.165) is 24.2 Å². The van der Waals surface area contributed by atoms with Crippen molar-refractivity contribution < 1.29 is 14.3 Å². The van der Waals surface area contributed by atoms with Crippen LogP contribution in [0, 0.1) is 0 Å². The second-order valence-electron chi connectivity index (χ2n) is 4.18. The highest BCUT2D eigenvalue weighted by atomic mass is 79.9. The third-order valence-corrected chi connectivity index (χ3v) is 4.01. The number of benzene rings is 1. The first-order valence-electron chi connectivity index (χ1n) is 5.62. The van der Waals surface area contributed by atoms with E-state index in [4.69, 9.17) is 9.47 Å². The average molecular weight is 299 g/mol. The highest BCUT2D eigenvalue weighted by Crippen LogP contribution is 2.37. The molecule has 0 N–H and O–H groups in total. The van der Waals surface area contributed by atoms with E-state index in [1.807, 2.05) is 24.3 Å². The zero-order valence-corrected chi connectivity index (χ0v) is 11.3. The van der Waals surface area contributed by atoms with Gasteiger partial charge in [-0.2, -0.15) is 0 Å². The fourth-order valence-electron chi connectivity index (χ4n) is 2.11. The average Bonchev–Trinajstić information content (AvgIpc) is 2.38. The monoisotopic (exact) mass is 298 g/mol. The molecule has 1 aromatic rings. The first-order valence-corrected chi connectivity index (χ1v) is 6.75. The number of methoxy groups -OCH3 is 1. The van der Waals surface area contributed by atoms with Crippen LogP contribution in [0.4, 0.5) is 0 Å². The number of carbonyl (C=O) groups is 1. The Bertz CT molecular complexity index is 402. The molecule has 2 rings (SSSR count). The van der Waals surface area contributed by atoms with Crippen molar-refractivity contribution in [3.8, 4) is 5.75 Å². The number of esters is 1. The molecule has 1 aliphatic rings. The summed E-state index contributed by atoms with van der Waals surface area (Å²) >= 11 is 3.46. The quantitative estimate of drug-likeness (QED) is 0.636. The second kappa shape index (κ2) is 5.08. The predicted molar refractivity (Wildman–Crippen MR) is 68.4 cm³/mol. The van der Waals surface area contributed by atoms with Gasteiger partial charge in [0.2, 0.25) is 0 Å². The lowest BCUT2D eigenvalue weighted by Gasteiger charge is -2.35. The molecular formula is C13H15BrO3. The van der Waals surface area contributed by atoms with Gasteiger partial charge in [-0.15, -0.1) is 0 Å². The molecule has 0 aliphatic carbocycles. The Hall–Kier alpha value is -1.03. The van der Waals surface area contributed by atoms with Gasteiger partial charge in [0.15, 0.2) is 0 Å². The van der Waals surface area contributed by atoms with Crippen LogP contribution in [0.3, 0.4) is 0 Å². The molecule has 4 heteroatoms. The lowest BCUT2D eigenvalue weighted by molar-refractivity contribution is -0.165. The van der Waals surface area contributed by atoms with Crippen molar-refractivity contribution >= 4 is 21.9 Å². The van der Waals surface area contributed by atoms with Gasteiger partial charge in [-0.1, -0.05) is 28.1 Å². The number of ether oxygens (including phenoxy) is 2. The molecule has 0 spiro atoms. The van der Waals surface area contributed by atoms with E-state index in [-0.39, 0.29) is 5.97 Å². The first kappa shape index (κ1) is 12.4. The smallest absolute Gasteiger partial charge is 0.306 e. The number of hydrogen-bond donors (Lipinski definition) is 0. The number of alkyl halides is 1. The molecule has 0 saturated carbocycles. The van der Waals surface area contributed by atoms with Crippen LogP contribution < -0.4 is 4.74 Å². The Morgan fingerprint density at radius 2 is 2.12 bits per heavy atom. The third-order valence-electron chi connectivity index (χ3n) is 3.10. The van der Waals surface area contributed by atoms with Gasteiger partial charge in [0.25, 0.3) is 0 Å². The summed E-state index contributed by atoms with van der Waals surface area (Å²) in [7, 11) is 1.63. The second-order valence-corrected chi connectivity index (χ2v) is 4.74. The summed E-state index contributed by atoms with van der Waals surface area (Å²) < 4.78 is 10.7. The number of cyclic esters (lactones) is 1. The van der Waals surface area contributed by atoms with Crippen LogP contribution in [0.25, 0.3) is 0 Å². The standard InChI is InChI=1S/C13H15BrO3/c1-16-11-6-4-10(5-7-11)13(9-14)8-2-3-12(15)17-13/h4-7H,2-3,8-9H2,1H3. The van der Waals surface area contributed by atoms with Gasteiger partial charge in [0, 0.05) is 11.8 Å². The summed E-state index contributed by atoms with van der Waals surface area (Å²) in [6.07, 6.45) is 2.25. The molecule has 1 saturated heterocycles. The van der Waals surface area contributed by atoms with E-state index in [2.05, 4.69) is 15.9 Å². The molecule has 0 amide bonds. The van der Waals surface area contributed by atoms with Crippen LogP contribution in [-0.2, 0) is 15.1 Å². The summed E-state index contributed by atoms with van der Waals surface area (Å²) in [5, 5.41) is 0.623. The van der Waals surface area contributed by atoms with E-state index in [9.17, 15) is 4.79 Å². The Morgan fingerprint density at radius 1 is 1.41 bits per heavy atom.